The number of fused-ring (bicyclic) bond motifs is 1. The van der Waals surface area contributed by atoms with E-state index in [2.05, 4.69) is 15.5 Å². The minimum absolute atomic E-state index is 0.0639. The molecule has 2 aromatic heterocycles. The fraction of sp³-hybridized carbons (Fsp3) is 0.0556. The van der Waals surface area contributed by atoms with Gasteiger partial charge in [0.2, 0.25) is 5.89 Å². The summed E-state index contributed by atoms with van der Waals surface area (Å²) >= 11 is 1.12. The van der Waals surface area contributed by atoms with Gasteiger partial charge in [0.05, 0.1) is 15.4 Å². The third-order valence-electron chi connectivity index (χ3n) is 4.04. The van der Waals surface area contributed by atoms with E-state index in [1.54, 1.807) is 6.07 Å². The number of alkyl halides is 3. The third-order valence-corrected chi connectivity index (χ3v) is 5.15. The van der Waals surface area contributed by atoms with E-state index < -0.39 is 22.6 Å². The van der Waals surface area contributed by atoms with Crippen molar-refractivity contribution in [1.82, 2.24) is 10.2 Å². The van der Waals surface area contributed by atoms with Crippen LogP contribution < -0.4 is 5.32 Å². The molecule has 0 unspecified atom stereocenters. The average Bonchev–Trinajstić information content (AvgIpc) is 3.33. The summed E-state index contributed by atoms with van der Waals surface area (Å²) in [6.45, 7) is 0. The number of benzene rings is 2. The molecule has 0 saturated carbocycles. The van der Waals surface area contributed by atoms with Gasteiger partial charge in [-0.1, -0.05) is 5.10 Å². The van der Waals surface area contributed by atoms with Gasteiger partial charge in [-0.15, -0.1) is 16.4 Å². The molecule has 8 nitrogen and oxygen atoms in total. The van der Waals surface area contributed by atoms with E-state index in [0.717, 1.165) is 23.5 Å². The van der Waals surface area contributed by atoms with Crippen LogP contribution in [0.1, 0.15) is 15.2 Å². The number of carbonyl (C=O) groups is 1. The van der Waals surface area contributed by atoms with Gasteiger partial charge in [0.25, 0.3) is 11.6 Å². The van der Waals surface area contributed by atoms with Gasteiger partial charge in [0.1, 0.15) is 0 Å². The number of anilines is 1. The van der Waals surface area contributed by atoms with Crippen molar-refractivity contribution in [3.05, 3.63) is 69.1 Å². The molecular weight excluding hydrogens is 425 g/mol. The maximum atomic E-state index is 12.6. The van der Waals surface area contributed by atoms with Gasteiger partial charge in [-0.3, -0.25) is 20.2 Å². The monoisotopic (exact) mass is 434 g/mol. The fourth-order valence-electron chi connectivity index (χ4n) is 2.61. The fourth-order valence-corrected chi connectivity index (χ4v) is 3.55. The molecule has 4 rings (SSSR count). The summed E-state index contributed by atoms with van der Waals surface area (Å²) < 4.78 is 43.9. The Morgan fingerprint density at radius 3 is 2.50 bits per heavy atom. The van der Waals surface area contributed by atoms with Crippen LogP contribution in [0.15, 0.2) is 52.9 Å². The predicted molar refractivity (Wildman–Crippen MR) is 101 cm³/mol. The summed E-state index contributed by atoms with van der Waals surface area (Å²) in [5.74, 6) is -0.632. The van der Waals surface area contributed by atoms with E-state index in [1.807, 2.05) is 0 Å². The minimum atomic E-state index is -4.46. The van der Waals surface area contributed by atoms with E-state index in [1.165, 1.54) is 30.3 Å². The first kappa shape index (κ1) is 19.5. The van der Waals surface area contributed by atoms with Crippen molar-refractivity contribution in [1.29, 1.82) is 0 Å². The zero-order valence-corrected chi connectivity index (χ0v) is 15.5. The molecule has 0 spiro atoms. The Hall–Kier alpha value is -3.80. The number of carbonyl (C=O) groups excluding carboxylic acids is 1. The molecule has 0 aliphatic carbocycles. The van der Waals surface area contributed by atoms with Crippen LogP contribution in [-0.2, 0) is 6.18 Å². The van der Waals surface area contributed by atoms with E-state index in [9.17, 15) is 28.1 Å². The summed E-state index contributed by atoms with van der Waals surface area (Å²) in [5.41, 5.74) is -0.653. The highest BCUT2D eigenvalue weighted by atomic mass is 32.1. The van der Waals surface area contributed by atoms with E-state index >= 15 is 0 Å². The summed E-state index contributed by atoms with van der Waals surface area (Å²) in [6, 6.07) is 9.63. The summed E-state index contributed by atoms with van der Waals surface area (Å²) in [4.78, 5) is 23.0. The maximum Gasteiger partial charge on any atom is 0.416 e. The zero-order chi connectivity index (χ0) is 21.5. The second-order valence-electron chi connectivity index (χ2n) is 6.03. The van der Waals surface area contributed by atoms with Gasteiger partial charge in [0.15, 0.2) is 0 Å². The van der Waals surface area contributed by atoms with Crippen LogP contribution in [0.4, 0.5) is 24.9 Å². The number of amides is 1. The molecule has 12 heteroatoms. The number of thiophene rings is 1. The Bertz CT molecular complexity index is 1260. The maximum absolute atomic E-state index is 12.6. The second-order valence-corrected chi connectivity index (χ2v) is 7.12. The van der Waals surface area contributed by atoms with Crippen molar-refractivity contribution >= 4 is 39.0 Å². The topological polar surface area (TPSA) is 111 Å². The summed E-state index contributed by atoms with van der Waals surface area (Å²) in [5, 5.41) is 21.2. The van der Waals surface area contributed by atoms with Crippen LogP contribution in [0, 0.1) is 10.1 Å². The molecule has 4 aromatic rings. The molecule has 0 aliphatic rings. The Kier molecular flexibility index (Phi) is 4.70. The molecule has 30 heavy (non-hydrogen) atoms. The van der Waals surface area contributed by atoms with E-state index in [4.69, 9.17) is 4.42 Å². The molecule has 0 bridgehead atoms. The number of nitrogens with one attached hydrogen (secondary N) is 1. The number of nitro benzene ring substituents is 1. The molecule has 2 aromatic carbocycles. The third kappa shape index (κ3) is 3.85. The number of non-ortho nitro benzene ring substituents is 1. The van der Waals surface area contributed by atoms with Crippen molar-refractivity contribution in [2.75, 3.05) is 5.32 Å². The normalized spacial score (nSPS) is 11.6. The number of nitro groups is 1. The Labute approximate surface area is 169 Å². The first-order valence-electron chi connectivity index (χ1n) is 8.21. The van der Waals surface area contributed by atoms with Crippen LogP contribution in [0.2, 0.25) is 0 Å². The lowest BCUT2D eigenvalue weighted by atomic mass is 10.1. The smallest absolute Gasteiger partial charge is 0.403 e. The molecule has 0 fully saturated rings. The Balaban J connectivity index is 1.51. The van der Waals surface area contributed by atoms with E-state index in [0.29, 0.717) is 10.1 Å². The number of hydrogen-bond donors (Lipinski definition) is 1. The van der Waals surface area contributed by atoms with E-state index in [-0.39, 0.29) is 28.0 Å². The van der Waals surface area contributed by atoms with Crippen molar-refractivity contribution < 1.29 is 27.3 Å². The zero-order valence-electron chi connectivity index (χ0n) is 14.6. The number of hydrogen-bond acceptors (Lipinski definition) is 7. The predicted octanol–water partition coefficient (Wildman–Crippen LogP) is 5.13. The van der Waals surface area contributed by atoms with Crippen LogP contribution >= 0.6 is 11.3 Å². The van der Waals surface area contributed by atoms with Crippen LogP contribution in [0.25, 0.3) is 21.5 Å². The summed E-state index contributed by atoms with van der Waals surface area (Å²) in [6.07, 6.45) is -4.46. The van der Waals surface area contributed by atoms with Crippen molar-refractivity contribution in [3.63, 3.8) is 0 Å². The molecule has 0 atom stereocenters. The molecule has 152 valence electrons. The van der Waals surface area contributed by atoms with Gasteiger partial charge < -0.3 is 4.42 Å². The molecule has 0 saturated heterocycles. The van der Waals surface area contributed by atoms with Gasteiger partial charge >= 0.3 is 12.2 Å². The standard InChI is InChI=1S/C18H9F3N4O4S/c19-18(20,21)11-3-1-9(2-4-11)16-23-24-17(29-16)22-15(26)14-8-10-7-12(25(27)28)5-6-13(10)30-14/h1-8H,(H,22,24,26). The highest BCUT2D eigenvalue weighted by molar-refractivity contribution is 7.20. The highest BCUT2D eigenvalue weighted by Gasteiger charge is 2.30. The molecule has 1 N–H and O–H groups in total. The van der Waals surface area contributed by atoms with Crippen LogP contribution in [-0.4, -0.2) is 21.0 Å². The number of halogens is 3. The van der Waals surface area contributed by atoms with Crippen molar-refractivity contribution in [2.45, 2.75) is 6.18 Å². The number of nitrogens with zero attached hydrogens (tertiary/aromatic N) is 3. The Morgan fingerprint density at radius 1 is 1.10 bits per heavy atom. The van der Waals surface area contributed by atoms with Gasteiger partial charge in [-0.25, -0.2) is 0 Å². The molecule has 0 aliphatic heterocycles. The molecule has 1 amide bonds. The highest BCUT2D eigenvalue weighted by Crippen LogP contribution is 2.32. The van der Waals surface area contributed by atoms with Gasteiger partial charge in [-0.2, -0.15) is 13.2 Å². The molecule has 2 heterocycles. The number of aromatic nitrogens is 2. The molecular formula is C18H9F3N4O4S. The minimum Gasteiger partial charge on any atom is -0.403 e. The quantitative estimate of drug-likeness (QED) is 0.352. The lowest BCUT2D eigenvalue weighted by Gasteiger charge is -2.05. The average molecular weight is 434 g/mol. The Morgan fingerprint density at radius 2 is 1.83 bits per heavy atom. The van der Waals surface area contributed by atoms with Crippen molar-refractivity contribution in [2.24, 2.45) is 0 Å². The van der Waals surface area contributed by atoms with Crippen LogP contribution in [0.3, 0.4) is 0 Å². The van der Waals surface area contributed by atoms with Gasteiger partial charge in [0, 0.05) is 27.8 Å². The largest absolute Gasteiger partial charge is 0.416 e. The van der Waals surface area contributed by atoms with Crippen molar-refractivity contribution in [3.8, 4) is 11.5 Å². The van der Waals surface area contributed by atoms with Crippen LogP contribution in [0.5, 0.6) is 0 Å². The lowest BCUT2D eigenvalue weighted by molar-refractivity contribution is -0.384. The second kappa shape index (κ2) is 7.22. The lowest BCUT2D eigenvalue weighted by Crippen LogP contribution is -2.10. The van der Waals surface area contributed by atoms with Gasteiger partial charge in [-0.05, 0) is 36.4 Å². The summed E-state index contributed by atoms with van der Waals surface area (Å²) in [7, 11) is 0. The SMILES string of the molecule is O=C(Nc1nnc(-c2ccc(C(F)(F)F)cc2)o1)c1cc2cc([N+](=O)[O-])ccc2s1. The molecule has 0 radical (unpaired) electrons. The first-order chi connectivity index (χ1) is 14.2. The number of rotatable bonds is 4. The first-order valence-corrected chi connectivity index (χ1v) is 9.03.